The Morgan fingerprint density at radius 2 is 2.03 bits per heavy atom. The molecule has 31 heavy (non-hydrogen) atoms. The Morgan fingerprint density at radius 1 is 1.19 bits per heavy atom. The number of nitrogens with one attached hydrogen (secondary N) is 1. The third-order valence-electron chi connectivity index (χ3n) is 5.88. The molecule has 0 aliphatic carbocycles. The van der Waals surface area contributed by atoms with Gasteiger partial charge in [0.25, 0.3) is 0 Å². The maximum absolute atomic E-state index is 14.0. The van der Waals surface area contributed by atoms with Crippen molar-refractivity contribution in [2.24, 2.45) is 0 Å². The van der Waals surface area contributed by atoms with Gasteiger partial charge in [-0.2, -0.15) is 5.26 Å². The van der Waals surface area contributed by atoms with Crippen molar-refractivity contribution < 1.29 is 8.81 Å². The summed E-state index contributed by atoms with van der Waals surface area (Å²) in [6, 6.07) is 10.8. The summed E-state index contributed by atoms with van der Waals surface area (Å²) in [5.41, 5.74) is 3.45. The van der Waals surface area contributed by atoms with Gasteiger partial charge in [-0.15, -0.1) is 11.3 Å². The van der Waals surface area contributed by atoms with Gasteiger partial charge in [0.1, 0.15) is 5.82 Å². The Hall–Kier alpha value is -3.15. The van der Waals surface area contributed by atoms with Crippen molar-refractivity contribution in [3.05, 3.63) is 63.2 Å². The molecule has 1 saturated heterocycles. The number of nitrogens with zero attached hydrogens (tertiary/aromatic N) is 3. The molecule has 0 spiro atoms. The van der Waals surface area contributed by atoms with Gasteiger partial charge in [0.05, 0.1) is 22.8 Å². The van der Waals surface area contributed by atoms with Crippen LogP contribution in [0, 0.1) is 17.1 Å². The summed E-state index contributed by atoms with van der Waals surface area (Å²) in [6.45, 7) is 4.23. The van der Waals surface area contributed by atoms with Crippen molar-refractivity contribution in [3.63, 3.8) is 0 Å². The Bertz CT molecular complexity index is 1340. The van der Waals surface area contributed by atoms with E-state index in [1.165, 1.54) is 27.8 Å². The molecule has 0 bridgehead atoms. The largest absolute Gasteiger partial charge is 0.417 e. The summed E-state index contributed by atoms with van der Waals surface area (Å²) >= 11 is 1.73. The molecule has 2 aromatic heterocycles. The van der Waals surface area contributed by atoms with Gasteiger partial charge in [0, 0.05) is 43.0 Å². The molecule has 0 saturated carbocycles. The third kappa shape index (κ3) is 3.94. The van der Waals surface area contributed by atoms with Crippen LogP contribution in [-0.4, -0.2) is 42.6 Å². The first-order valence-electron chi connectivity index (χ1n) is 10.3. The van der Waals surface area contributed by atoms with Crippen LogP contribution in [0.4, 0.5) is 10.1 Å². The summed E-state index contributed by atoms with van der Waals surface area (Å²) in [5, 5.41) is 12.5. The van der Waals surface area contributed by atoms with E-state index in [1.54, 1.807) is 11.3 Å². The summed E-state index contributed by atoms with van der Waals surface area (Å²) in [5.74, 6) is -0.951. The van der Waals surface area contributed by atoms with Crippen LogP contribution in [0.5, 0.6) is 0 Å². The number of hydrogen-bond acceptors (Lipinski definition) is 6. The second kappa shape index (κ2) is 8.17. The number of piperazine rings is 1. The van der Waals surface area contributed by atoms with E-state index in [-0.39, 0.29) is 5.82 Å². The number of benzene rings is 2. The zero-order valence-electron chi connectivity index (χ0n) is 16.9. The second-order valence-corrected chi connectivity index (χ2v) is 8.74. The number of fused-ring (bicyclic) bond motifs is 2. The van der Waals surface area contributed by atoms with E-state index in [1.807, 2.05) is 18.2 Å². The van der Waals surface area contributed by atoms with Crippen LogP contribution in [0.1, 0.15) is 17.5 Å². The van der Waals surface area contributed by atoms with Crippen LogP contribution in [0.2, 0.25) is 0 Å². The Balaban J connectivity index is 1.20. The maximum Gasteiger partial charge on any atom is 0.417 e. The van der Waals surface area contributed by atoms with Crippen LogP contribution in [-0.2, 0) is 6.42 Å². The van der Waals surface area contributed by atoms with Crippen molar-refractivity contribution in [3.8, 4) is 6.07 Å². The fourth-order valence-corrected chi connectivity index (χ4v) is 5.27. The van der Waals surface area contributed by atoms with Crippen molar-refractivity contribution in [2.45, 2.75) is 12.8 Å². The highest BCUT2D eigenvalue weighted by Crippen LogP contribution is 2.29. The second-order valence-electron chi connectivity index (χ2n) is 7.83. The third-order valence-corrected chi connectivity index (χ3v) is 6.89. The number of oxazole rings is 1. The molecule has 5 rings (SSSR count). The van der Waals surface area contributed by atoms with E-state index in [0.717, 1.165) is 45.6 Å². The van der Waals surface area contributed by atoms with Gasteiger partial charge < -0.3 is 9.32 Å². The Labute approximate surface area is 182 Å². The van der Waals surface area contributed by atoms with Crippen LogP contribution in [0.3, 0.4) is 0 Å². The number of aryl methyl sites for hydroxylation is 1. The fourth-order valence-electron chi connectivity index (χ4n) is 4.29. The smallest absolute Gasteiger partial charge is 0.406 e. The fraction of sp³-hybridized carbons (Fsp3) is 0.304. The number of aromatic amines is 1. The minimum Gasteiger partial charge on any atom is -0.406 e. The average Bonchev–Trinajstić information content (AvgIpc) is 3.35. The van der Waals surface area contributed by atoms with Gasteiger partial charge >= 0.3 is 5.76 Å². The number of rotatable bonds is 5. The summed E-state index contributed by atoms with van der Waals surface area (Å²) in [7, 11) is 0. The minimum absolute atomic E-state index is 0.385. The van der Waals surface area contributed by atoms with E-state index < -0.39 is 5.76 Å². The topological polar surface area (TPSA) is 76.3 Å². The van der Waals surface area contributed by atoms with Crippen LogP contribution < -0.4 is 10.7 Å². The van der Waals surface area contributed by atoms with E-state index in [4.69, 9.17) is 9.68 Å². The number of thiophene rings is 1. The average molecular weight is 437 g/mol. The molecule has 0 radical (unpaired) electrons. The highest BCUT2D eigenvalue weighted by Gasteiger charge is 2.21. The van der Waals surface area contributed by atoms with Gasteiger partial charge in [-0.25, -0.2) is 9.18 Å². The zero-order chi connectivity index (χ0) is 21.4. The first-order valence-corrected chi connectivity index (χ1v) is 11.2. The van der Waals surface area contributed by atoms with Crippen molar-refractivity contribution in [1.82, 2.24) is 9.88 Å². The molecule has 6 nitrogen and oxygen atoms in total. The highest BCUT2D eigenvalue weighted by atomic mass is 32.1. The molecule has 1 aliphatic rings. The molecule has 0 amide bonds. The van der Waals surface area contributed by atoms with Gasteiger partial charge in [0.15, 0.2) is 5.58 Å². The Morgan fingerprint density at radius 3 is 2.84 bits per heavy atom. The van der Waals surface area contributed by atoms with Crippen molar-refractivity contribution in [2.75, 3.05) is 37.6 Å². The number of anilines is 1. The van der Waals surface area contributed by atoms with E-state index in [2.05, 4.69) is 26.2 Å². The lowest BCUT2D eigenvalue weighted by atomic mass is 10.1. The molecule has 1 fully saturated rings. The molecular formula is C23H21FN4O2S. The van der Waals surface area contributed by atoms with Gasteiger partial charge in [-0.3, -0.25) is 9.88 Å². The molecule has 1 N–H and O–H groups in total. The summed E-state index contributed by atoms with van der Waals surface area (Å²) in [4.78, 5) is 18.6. The van der Waals surface area contributed by atoms with Gasteiger partial charge in [0.2, 0.25) is 0 Å². The zero-order valence-corrected chi connectivity index (χ0v) is 17.7. The summed E-state index contributed by atoms with van der Waals surface area (Å²) in [6.07, 6.45) is 2.02. The van der Waals surface area contributed by atoms with E-state index >= 15 is 0 Å². The molecule has 2 aromatic carbocycles. The van der Waals surface area contributed by atoms with Crippen LogP contribution in [0.25, 0.3) is 21.2 Å². The lowest BCUT2D eigenvalue weighted by Crippen LogP contribution is -2.46. The first kappa shape index (κ1) is 19.8. The normalized spacial score (nSPS) is 15.0. The lowest BCUT2D eigenvalue weighted by molar-refractivity contribution is 0.255. The van der Waals surface area contributed by atoms with Crippen molar-refractivity contribution in [1.29, 1.82) is 5.26 Å². The van der Waals surface area contributed by atoms with E-state index in [9.17, 15) is 9.18 Å². The maximum atomic E-state index is 14.0. The lowest BCUT2D eigenvalue weighted by Gasteiger charge is -2.36. The quantitative estimate of drug-likeness (QED) is 0.510. The monoisotopic (exact) mass is 436 g/mol. The number of hydrogen-bond donors (Lipinski definition) is 1. The number of halogens is 1. The van der Waals surface area contributed by atoms with Gasteiger partial charge in [-0.1, -0.05) is 0 Å². The molecule has 0 unspecified atom stereocenters. The van der Waals surface area contributed by atoms with Crippen LogP contribution >= 0.6 is 11.3 Å². The SMILES string of the molecule is N#Cc1ccc2scc(CCCN3CCN(c4cc(F)cc5[nH]c(=O)oc45)CC3)c2c1. The Kier molecular flexibility index (Phi) is 5.22. The predicted molar refractivity (Wildman–Crippen MR) is 120 cm³/mol. The molecule has 0 atom stereocenters. The molecule has 4 aromatic rings. The standard InChI is InChI=1S/C23H21FN4O2S/c24-17-11-19-22(30-23(29)26-19)20(12-17)28-8-6-27(7-9-28)5-1-2-16-14-31-21-4-3-15(13-25)10-18(16)21/h3-4,10-12,14H,1-2,5-9H2,(H,26,29). The molecule has 1 aliphatic heterocycles. The number of aromatic nitrogens is 1. The highest BCUT2D eigenvalue weighted by molar-refractivity contribution is 7.17. The number of nitriles is 1. The van der Waals surface area contributed by atoms with Crippen LogP contribution in [0.15, 0.2) is 44.9 Å². The summed E-state index contributed by atoms with van der Waals surface area (Å²) < 4.78 is 20.4. The van der Waals surface area contributed by atoms with E-state index in [0.29, 0.717) is 22.4 Å². The minimum atomic E-state index is -0.566. The van der Waals surface area contributed by atoms with Crippen molar-refractivity contribution >= 4 is 38.2 Å². The number of H-pyrrole nitrogens is 1. The predicted octanol–water partition coefficient (Wildman–Crippen LogP) is 4.10. The molecular weight excluding hydrogens is 415 g/mol. The molecule has 158 valence electrons. The first-order chi connectivity index (χ1) is 15.1. The van der Waals surface area contributed by atoms with Gasteiger partial charge in [-0.05, 0) is 53.9 Å². The molecule has 8 heteroatoms. The molecule has 3 heterocycles.